The van der Waals surface area contributed by atoms with Gasteiger partial charge in [0.25, 0.3) is 10.2 Å². The largest absolute Gasteiger partial charge is 0.493 e. The zero-order valence-electron chi connectivity index (χ0n) is 14.6. The van der Waals surface area contributed by atoms with Crippen LogP contribution in [0, 0.1) is 0 Å². The van der Waals surface area contributed by atoms with Crippen molar-refractivity contribution in [2.24, 2.45) is 0 Å². The van der Waals surface area contributed by atoms with Crippen LogP contribution in [0.25, 0.3) is 0 Å². The van der Waals surface area contributed by atoms with Gasteiger partial charge in [0.2, 0.25) is 0 Å². The van der Waals surface area contributed by atoms with E-state index in [9.17, 15) is 8.42 Å². The van der Waals surface area contributed by atoms with E-state index in [1.165, 1.54) is 19.0 Å². The molecule has 24 heavy (non-hydrogen) atoms. The molecule has 1 heterocycles. The molecule has 1 spiro atoms. The maximum Gasteiger partial charge on any atom is 0.279 e. The number of ether oxygens (including phenoxy) is 2. The number of rotatable bonds is 4. The zero-order chi connectivity index (χ0) is 17.4. The van der Waals surface area contributed by atoms with Gasteiger partial charge < -0.3 is 9.47 Å². The fourth-order valence-corrected chi connectivity index (χ4v) is 5.15. The number of nitrogens with zero attached hydrogens (tertiary/aromatic N) is 1. The summed E-state index contributed by atoms with van der Waals surface area (Å²) >= 11 is 0. The number of methoxy groups -OCH3 is 2. The van der Waals surface area contributed by atoms with Gasteiger partial charge in [-0.15, -0.1) is 0 Å². The van der Waals surface area contributed by atoms with Gasteiger partial charge >= 0.3 is 0 Å². The first kappa shape index (κ1) is 17.5. The topological polar surface area (TPSA) is 67.9 Å². The fourth-order valence-electron chi connectivity index (χ4n) is 4.17. The van der Waals surface area contributed by atoms with E-state index in [-0.39, 0.29) is 5.41 Å². The Bertz CT molecular complexity index is 712. The molecule has 0 aromatic heterocycles. The fraction of sp³-hybridized carbons (Fsp3) is 0.647. The van der Waals surface area contributed by atoms with E-state index in [4.69, 9.17) is 9.47 Å². The van der Waals surface area contributed by atoms with Crippen LogP contribution in [0.2, 0.25) is 0 Å². The average molecular weight is 354 g/mol. The average Bonchev–Trinajstić information content (AvgIpc) is 2.61. The van der Waals surface area contributed by atoms with Crippen molar-refractivity contribution in [2.45, 2.75) is 44.1 Å². The smallest absolute Gasteiger partial charge is 0.279 e. The van der Waals surface area contributed by atoms with E-state index in [2.05, 4.69) is 10.8 Å². The normalized spacial score (nSPS) is 20.6. The van der Waals surface area contributed by atoms with Crippen LogP contribution in [-0.2, 0) is 22.2 Å². The molecule has 7 heteroatoms. The molecule has 3 rings (SSSR count). The van der Waals surface area contributed by atoms with Gasteiger partial charge in [0, 0.05) is 25.6 Å². The molecule has 2 aliphatic rings. The number of hydrogen-bond donors (Lipinski definition) is 1. The number of fused-ring (bicyclic) bond motifs is 2. The Morgan fingerprint density at radius 2 is 1.71 bits per heavy atom. The minimum absolute atomic E-state index is 0.130. The van der Waals surface area contributed by atoms with Gasteiger partial charge in [0.1, 0.15) is 0 Å². The molecule has 0 unspecified atom stereocenters. The van der Waals surface area contributed by atoms with Crippen LogP contribution in [0.3, 0.4) is 0 Å². The Labute approximate surface area is 144 Å². The van der Waals surface area contributed by atoms with Crippen molar-refractivity contribution in [1.29, 1.82) is 0 Å². The first-order valence-corrected chi connectivity index (χ1v) is 9.84. The second-order valence-corrected chi connectivity index (χ2v) is 8.56. The molecular formula is C17H26N2O4S. The van der Waals surface area contributed by atoms with Crippen molar-refractivity contribution in [2.75, 3.05) is 27.8 Å². The van der Waals surface area contributed by atoms with E-state index in [1.54, 1.807) is 18.5 Å². The van der Waals surface area contributed by atoms with Gasteiger partial charge in [-0.1, -0.05) is 19.3 Å². The molecule has 1 saturated carbocycles. The van der Waals surface area contributed by atoms with E-state index in [1.807, 2.05) is 6.07 Å². The predicted octanol–water partition coefficient (Wildman–Crippen LogP) is 2.19. The third-order valence-corrected chi connectivity index (χ3v) is 6.87. The highest BCUT2D eigenvalue weighted by Gasteiger charge is 2.44. The lowest BCUT2D eigenvalue weighted by Crippen LogP contribution is -2.51. The van der Waals surface area contributed by atoms with Gasteiger partial charge in [-0.05, 0) is 36.1 Å². The first-order valence-electron chi connectivity index (χ1n) is 8.40. The Kier molecular flexibility index (Phi) is 4.77. The Morgan fingerprint density at radius 1 is 1.08 bits per heavy atom. The van der Waals surface area contributed by atoms with Gasteiger partial charge in [0.05, 0.1) is 14.2 Å². The van der Waals surface area contributed by atoms with Crippen LogP contribution in [0.1, 0.15) is 43.2 Å². The van der Waals surface area contributed by atoms with Crippen molar-refractivity contribution in [3.63, 3.8) is 0 Å². The number of hydrogen-bond acceptors (Lipinski definition) is 4. The summed E-state index contributed by atoms with van der Waals surface area (Å²) in [6.07, 6.45) is 5.47. The summed E-state index contributed by atoms with van der Waals surface area (Å²) < 4.78 is 39.8. The van der Waals surface area contributed by atoms with E-state index < -0.39 is 10.2 Å². The quantitative estimate of drug-likeness (QED) is 0.900. The maximum atomic E-state index is 12.4. The first-order chi connectivity index (χ1) is 11.5. The highest BCUT2D eigenvalue weighted by Crippen LogP contribution is 2.47. The molecule has 1 aliphatic heterocycles. The van der Waals surface area contributed by atoms with Crippen LogP contribution < -0.4 is 14.2 Å². The summed E-state index contributed by atoms with van der Waals surface area (Å²) in [5.41, 5.74) is 2.11. The standard InChI is InChI=1S/C17H26N2O4S/c1-18-24(20,21)19-11-13-9-15(22-2)16(23-3)10-14(13)17(12-19)7-5-4-6-8-17/h9-10,18H,4-8,11-12H2,1-3H3. The SMILES string of the molecule is CNS(=O)(=O)N1Cc2cc(OC)c(OC)cc2C2(CCCCC2)C1. The minimum atomic E-state index is -3.46. The third-order valence-electron chi connectivity index (χ3n) is 5.41. The zero-order valence-corrected chi connectivity index (χ0v) is 15.4. The summed E-state index contributed by atoms with van der Waals surface area (Å²) in [5.74, 6) is 1.36. The van der Waals surface area contributed by atoms with Crippen LogP contribution >= 0.6 is 0 Å². The monoisotopic (exact) mass is 354 g/mol. The van der Waals surface area contributed by atoms with Crippen molar-refractivity contribution in [1.82, 2.24) is 9.03 Å². The van der Waals surface area contributed by atoms with Gasteiger partial charge in [-0.25, -0.2) is 4.72 Å². The maximum absolute atomic E-state index is 12.4. The summed E-state index contributed by atoms with van der Waals surface area (Å²) in [6, 6.07) is 3.99. The Morgan fingerprint density at radius 3 is 2.29 bits per heavy atom. The lowest BCUT2D eigenvalue weighted by atomic mass is 9.66. The molecule has 134 valence electrons. The van der Waals surface area contributed by atoms with Crippen LogP contribution in [0.15, 0.2) is 12.1 Å². The van der Waals surface area contributed by atoms with E-state index in [0.29, 0.717) is 24.6 Å². The highest BCUT2D eigenvalue weighted by molar-refractivity contribution is 7.87. The Hall–Kier alpha value is -1.31. The van der Waals surface area contributed by atoms with Gasteiger partial charge in [-0.2, -0.15) is 12.7 Å². The lowest BCUT2D eigenvalue weighted by Gasteiger charge is -2.46. The minimum Gasteiger partial charge on any atom is -0.493 e. The van der Waals surface area contributed by atoms with Gasteiger partial charge in [-0.3, -0.25) is 0 Å². The molecule has 0 bridgehead atoms. The summed E-state index contributed by atoms with van der Waals surface area (Å²) in [4.78, 5) is 0. The van der Waals surface area contributed by atoms with Crippen molar-refractivity contribution >= 4 is 10.2 Å². The molecule has 1 aromatic carbocycles. The predicted molar refractivity (Wildman–Crippen MR) is 92.7 cm³/mol. The number of benzene rings is 1. The van der Waals surface area contributed by atoms with Crippen LogP contribution in [0.5, 0.6) is 11.5 Å². The molecule has 0 amide bonds. The molecule has 0 radical (unpaired) electrons. The molecule has 0 saturated heterocycles. The van der Waals surface area contributed by atoms with Crippen molar-refractivity contribution < 1.29 is 17.9 Å². The second kappa shape index (κ2) is 6.54. The second-order valence-electron chi connectivity index (χ2n) is 6.68. The van der Waals surface area contributed by atoms with Crippen LogP contribution in [-0.4, -0.2) is 40.5 Å². The molecule has 6 nitrogen and oxygen atoms in total. The van der Waals surface area contributed by atoms with E-state index >= 15 is 0 Å². The van der Waals surface area contributed by atoms with Gasteiger partial charge in [0.15, 0.2) is 11.5 Å². The van der Waals surface area contributed by atoms with E-state index in [0.717, 1.165) is 31.2 Å². The lowest BCUT2D eigenvalue weighted by molar-refractivity contribution is 0.204. The molecule has 1 aromatic rings. The Balaban J connectivity index is 2.13. The van der Waals surface area contributed by atoms with Crippen molar-refractivity contribution in [3.8, 4) is 11.5 Å². The molecule has 1 N–H and O–H groups in total. The summed E-state index contributed by atoms with van der Waals surface area (Å²) in [7, 11) is 1.24. The number of nitrogens with one attached hydrogen (secondary N) is 1. The summed E-state index contributed by atoms with van der Waals surface area (Å²) in [6.45, 7) is 0.888. The molecule has 1 aliphatic carbocycles. The van der Waals surface area contributed by atoms with Crippen LogP contribution in [0.4, 0.5) is 0 Å². The third kappa shape index (κ3) is 2.89. The molecular weight excluding hydrogens is 328 g/mol. The van der Waals surface area contributed by atoms with Crippen molar-refractivity contribution in [3.05, 3.63) is 23.3 Å². The summed E-state index contributed by atoms with van der Waals surface area (Å²) in [5, 5.41) is 0. The molecule has 1 fully saturated rings. The molecule has 0 atom stereocenters. The highest BCUT2D eigenvalue weighted by atomic mass is 32.2.